The van der Waals surface area contributed by atoms with Crippen molar-refractivity contribution >= 4 is 17.9 Å². The van der Waals surface area contributed by atoms with Gasteiger partial charge in [0.25, 0.3) is 5.91 Å². The molecule has 1 aliphatic heterocycles. The quantitative estimate of drug-likeness (QED) is 0.624. The van der Waals surface area contributed by atoms with Crippen molar-refractivity contribution in [2.24, 2.45) is 0 Å². The lowest BCUT2D eigenvalue weighted by molar-refractivity contribution is -0.124. The Morgan fingerprint density at radius 1 is 1.33 bits per heavy atom. The summed E-state index contributed by atoms with van der Waals surface area (Å²) in [6, 6.07) is 4.11. The number of hydrogen-bond acceptors (Lipinski definition) is 3. The predicted molar refractivity (Wildman–Crippen MR) is 60.1 cm³/mol. The molecule has 1 spiro atoms. The number of aromatic carboxylic acids is 1. The van der Waals surface area contributed by atoms with Crippen molar-refractivity contribution in [1.29, 1.82) is 0 Å². The van der Waals surface area contributed by atoms with Gasteiger partial charge in [-0.1, -0.05) is 6.07 Å². The van der Waals surface area contributed by atoms with Gasteiger partial charge in [-0.2, -0.15) is 0 Å². The third-order valence-corrected chi connectivity index (χ3v) is 3.52. The first kappa shape index (κ1) is 10.8. The number of imide groups is 1. The Hall–Kier alpha value is -2.37. The molecule has 1 saturated heterocycles. The fraction of sp³-hybridized carbons (Fsp3) is 0.250. The van der Waals surface area contributed by atoms with Crippen molar-refractivity contribution in [3.05, 3.63) is 34.9 Å². The van der Waals surface area contributed by atoms with Crippen LogP contribution in [-0.4, -0.2) is 23.0 Å². The molecule has 2 aliphatic rings. The molecule has 6 heteroatoms. The van der Waals surface area contributed by atoms with Crippen molar-refractivity contribution < 1.29 is 19.5 Å². The second kappa shape index (κ2) is 3.32. The van der Waals surface area contributed by atoms with Crippen molar-refractivity contribution in [3.8, 4) is 0 Å². The summed E-state index contributed by atoms with van der Waals surface area (Å²) in [5.41, 5.74) is 0.669. The Bertz CT molecular complexity index is 596. The average Bonchev–Trinajstić information content (AvgIpc) is 2.81. The van der Waals surface area contributed by atoms with E-state index in [2.05, 4.69) is 10.6 Å². The van der Waals surface area contributed by atoms with E-state index in [0.29, 0.717) is 18.4 Å². The van der Waals surface area contributed by atoms with Gasteiger partial charge >= 0.3 is 12.0 Å². The highest BCUT2D eigenvalue weighted by molar-refractivity contribution is 6.08. The number of amides is 3. The zero-order valence-corrected chi connectivity index (χ0v) is 9.32. The van der Waals surface area contributed by atoms with Gasteiger partial charge in [0.1, 0.15) is 5.54 Å². The molecular formula is C12H10N2O4. The molecule has 1 aliphatic carbocycles. The number of urea groups is 1. The van der Waals surface area contributed by atoms with Crippen LogP contribution in [0.1, 0.15) is 27.9 Å². The molecule has 0 bridgehead atoms. The lowest BCUT2D eigenvalue weighted by atomic mass is 9.91. The molecule has 1 aromatic rings. The van der Waals surface area contributed by atoms with Gasteiger partial charge in [0.05, 0.1) is 5.56 Å². The first-order valence-electron chi connectivity index (χ1n) is 5.53. The fourth-order valence-corrected chi connectivity index (χ4v) is 2.66. The minimum Gasteiger partial charge on any atom is -0.478 e. The highest BCUT2D eigenvalue weighted by atomic mass is 16.4. The number of aryl methyl sites for hydroxylation is 1. The Kier molecular flexibility index (Phi) is 1.98. The number of carbonyl (C=O) groups excluding carboxylic acids is 2. The minimum atomic E-state index is -1.01. The summed E-state index contributed by atoms with van der Waals surface area (Å²) in [6.45, 7) is 0. The van der Waals surface area contributed by atoms with E-state index in [0.717, 1.165) is 5.56 Å². The summed E-state index contributed by atoms with van der Waals surface area (Å²) < 4.78 is 0. The van der Waals surface area contributed by atoms with Crippen LogP contribution in [0.25, 0.3) is 0 Å². The maximum absolute atomic E-state index is 11.9. The summed E-state index contributed by atoms with van der Waals surface area (Å²) in [5, 5.41) is 13.8. The van der Waals surface area contributed by atoms with Crippen LogP contribution in [0.3, 0.4) is 0 Å². The van der Waals surface area contributed by atoms with E-state index in [9.17, 15) is 14.4 Å². The zero-order valence-electron chi connectivity index (χ0n) is 9.32. The maximum atomic E-state index is 11.9. The van der Waals surface area contributed by atoms with Crippen molar-refractivity contribution in [3.63, 3.8) is 0 Å². The topological polar surface area (TPSA) is 95.5 Å². The van der Waals surface area contributed by atoms with Gasteiger partial charge in [-0.3, -0.25) is 10.1 Å². The van der Waals surface area contributed by atoms with Crippen LogP contribution in [0.15, 0.2) is 18.2 Å². The summed E-state index contributed by atoms with van der Waals surface area (Å²) in [4.78, 5) is 34.0. The summed E-state index contributed by atoms with van der Waals surface area (Å²) in [6.07, 6.45) is 1.03. The van der Waals surface area contributed by atoms with E-state index in [1.807, 2.05) is 0 Å². The van der Waals surface area contributed by atoms with Gasteiger partial charge in [-0.05, 0) is 36.1 Å². The van der Waals surface area contributed by atoms with Crippen LogP contribution in [-0.2, 0) is 16.8 Å². The first-order chi connectivity index (χ1) is 8.53. The standard InChI is InChI=1S/C12H10N2O4/c15-9(16)7-1-2-8-6(5-7)3-4-12(8)10(17)13-11(18)14-12/h1-2,5H,3-4H2,(H,15,16)(H2,13,14,17,18). The van der Waals surface area contributed by atoms with Crippen LogP contribution < -0.4 is 10.6 Å². The third-order valence-electron chi connectivity index (χ3n) is 3.52. The highest BCUT2D eigenvalue weighted by Crippen LogP contribution is 2.39. The van der Waals surface area contributed by atoms with Crippen LogP contribution in [0, 0.1) is 0 Å². The molecule has 3 rings (SSSR count). The second-order valence-corrected chi connectivity index (χ2v) is 4.49. The van der Waals surface area contributed by atoms with E-state index in [1.165, 1.54) is 6.07 Å². The number of carbonyl (C=O) groups is 3. The van der Waals surface area contributed by atoms with Crippen molar-refractivity contribution in [2.75, 3.05) is 0 Å². The Morgan fingerprint density at radius 2 is 2.11 bits per heavy atom. The molecule has 92 valence electrons. The number of benzene rings is 1. The van der Waals surface area contributed by atoms with Gasteiger partial charge in [0.2, 0.25) is 0 Å². The van der Waals surface area contributed by atoms with Gasteiger partial charge in [0, 0.05) is 0 Å². The first-order valence-corrected chi connectivity index (χ1v) is 5.53. The van der Waals surface area contributed by atoms with E-state index in [1.54, 1.807) is 12.1 Å². The van der Waals surface area contributed by atoms with E-state index in [-0.39, 0.29) is 11.5 Å². The molecule has 1 heterocycles. The molecule has 1 aromatic carbocycles. The van der Waals surface area contributed by atoms with E-state index in [4.69, 9.17) is 5.11 Å². The summed E-state index contributed by atoms with van der Waals surface area (Å²) in [5.74, 6) is -1.37. The SMILES string of the molecule is O=C1NC(=O)C2(CCc3cc(C(=O)O)ccc32)N1. The number of nitrogens with one attached hydrogen (secondary N) is 2. The number of carboxylic acid groups (broad SMARTS) is 1. The zero-order chi connectivity index (χ0) is 12.9. The van der Waals surface area contributed by atoms with Crippen LogP contribution in [0.2, 0.25) is 0 Å². The van der Waals surface area contributed by atoms with E-state index < -0.39 is 17.5 Å². The monoisotopic (exact) mass is 246 g/mol. The minimum absolute atomic E-state index is 0.190. The Balaban J connectivity index is 2.10. The molecule has 1 fully saturated rings. The molecule has 0 radical (unpaired) electrons. The normalized spacial score (nSPS) is 24.9. The maximum Gasteiger partial charge on any atom is 0.335 e. The van der Waals surface area contributed by atoms with Gasteiger partial charge in [-0.15, -0.1) is 0 Å². The number of hydrogen-bond donors (Lipinski definition) is 3. The molecule has 3 N–H and O–H groups in total. The smallest absolute Gasteiger partial charge is 0.335 e. The fourth-order valence-electron chi connectivity index (χ4n) is 2.66. The molecule has 3 amide bonds. The lowest BCUT2D eigenvalue weighted by Crippen LogP contribution is -2.41. The van der Waals surface area contributed by atoms with Crippen LogP contribution in [0.5, 0.6) is 0 Å². The van der Waals surface area contributed by atoms with Gasteiger partial charge < -0.3 is 10.4 Å². The molecule has 0 aromatic heterocycles. The average molecular weight is 246 g/mol. The molecule has 0 saturated carbocycles. The van der Waals surface area contributed by atoms with Crippen molar-refractivity contribution in [2.45, 2.75) is 18.4 Å². The predicted octanol–water partition coefficient (Wildman–Crippen LogP) is 0.366. The molecular weight excluding hydrogens is 236 g/mol. The number of rotatable bonds is 1. The van der Waals surface area contributed by atoms with Crippen LogP contribution >= 0.6 is 0 Å². The Labute approximate surface area is 102 Å². The largest absolute Gasteiger partial charge is 0.478 e. The molecule has 18 heavy (non-hydrogen) atoms. The summed E-state index contributed by atoms with van der Waals surface area (Å²) >= 11 is 0. The second-order valence-electron chi connectivity index (χ2n) is 4.49. The molecule has 1 unspecified atom stereocenters. The van der Waals surface area contributed by atoms with Gasteiger partial charge in [-0.25, -0.2) is 9.59 Å². The summed E-state index contributed by atoms with van der Waals surface area (Å²) in [7, 11) is 0. The molecule has 6 nitrogen and oxygen atoms in total. The lowest BCUT2D eigenvalue weighted by Gasteiger charge is -2.20. The number of fused-ring (bicyclic) bond motifs is 2. The van der Waals surface area contributed by atoms with E-state index >= 15 is 0 Å². The van der Waals surface area contributed by atoms with Crippen molar-refractivity contribution in [1.82, 2.24) is 10.6 Å². The number of carboxylic acids is 1. The highest BCUT2D eigenvalue weighted by Gasteiger charge is 2.51. The van der Waals surface area contributed by atoms with Gasteiger partial charge in [0.15, 0.2) is 0 Å². The molecule has 1 atom stereocenters. The Morgan fingerprint density at radius 3 is 2.72 bits per heavy atom. The van der Waals surface area contributed by atoms with Crippen LogP contribution in [0.4, 0.5) is 4.79 Å². The third kappa shape index (κ3) is 1.25.